The molecule has 0 aliphatic carbocycles. The Balaban J connectivity index is 1.51. The first-order valence-electron chi connectivity index (χ1n) is 9.71. The second-order valence-electron chi connectivity index (χ2n) is 6.81. The monoisotopic (exact) mass is 415 g/mol. The molecule has 1 saturated heterocycles. The van der Waals surface area contributed by atoms with Crippen molar-refractivity contribution in [1.82, 2.24) is 5.32 Å². The molecule has 4 rings (SSSR count). The quantitative estimate of drug-likeness (QED) is 0.643. The number of carbonyl (C=O) groups excluding carboxylic acids is 2. The lowest BCUT2D eigenvalue weighted by molar-refractivity contribution is -0.124. The summed E-state index contributed by atoms with van der Waals surface area (Å²) in [6.07, 6.45) is 0.105. The van der Waals surface area contributed by atoms with Crippen LogP contribution in [0.25, 0.3) is 0 Å². The topological polar surface area (TPSA) is 61.8 Å². The minimum absolute atomic E-state index is 0.105. The molecule has 1 aliphatic heterocycles. The predicted molar refractivity (Wildman–Crippen MR) is 122 cm³/mol. The van der Waals surface area contributed by atoms with Crippen LogP contribution in [0.4, 0.5) is 11.4 Å². The van der Waals surface area contributed by atoms with Crippen molar-refractivity contribution in [2.45, 2.75) is 18.2 Å². The van der Waals surface area contributed by atoms with Gasteiger partial charge in [-0.15, -0.1) is 0 Å². The number of anilines is 1. The van der Waals surface area contributed by atoms with Gasteiger partial charge in [-0.3, -0.25) is 14.5 Å². The number of rotatable bonds is 6. The van der Waals surface area contributed by atoms with Gasteiger partial charge in [0.1, 0.15) is 5.25 Å². The van der Waals surface area contributed by atoms with Gasteiger partial charge in [0.15, 0.2) is 5.17 Å². The first-order valence-corrected chi connectivity index (χ1v) is 10.6. The third kappa shape index (κ3) is 4.78. The van der Waals surface area contributed by atoms with Gasteiger partial charge < -0.3 is 5.32 Å². The molecule has 0 bridgehead atoms. The fourth-order valence-corrected chi connectivity index (χ4v) is 4.29. The van der Waals surface area contributed by atoms with Gasteiger partial charge >= 0.3 is 0 Å². The van der Waals surface area contributed by atoms with E-state index in [4.69, 9.17) is 0 Å². The molecule has 3 aromatic carbocycles. The van der Waals surface area contributed by atoms with Gasteiger partial charge in [-0.1, -0.05) is 78.5 Å². The number of nitrogens with one attached hydrogen (secondary N) is 1. The summed E-state index contributed by atoms with van der Waals surface area (Å²) in [4.78, 5) is 31.9. The van der Waals surface area contributed by atoms with Crippen LogP contribution in [-0.4, -0.2) is 22.2 Å². The highest BCUT2D eigenvalue weighted by Crippen LogP contribution is 2.35. The van der Waals surface area contributed by atoms with Crippen molar-refractivity contribution < 1.29 is 9.59 Å². The maximum Gasteiger partial charge on any atom is 0.247 e. The first kappa shape index (κ1) is 19.9. The number of amides is 2. The number of benzene rings is 3. The molecule has 1 unspecified atom stereocenters. The maximum atomic E-state index is 13.2. The number of hydrogen-bond acceptors (Lipinski definition) is 4. The largest absolute Gasteiger partial charge is 0.352 e. The summed E-state index contributed by atoms with van der Waals surface area (Å²) < 4.78 is 0. The van der Waals surface area contributed by atoms with Gasteiger partial charge in [0.05, 0.1) is 11.4 Å². The summed E-state index contributed by atoms with van der Waals surface area (Å²) in [5, 5.41) is 2.97. The van der Waals surface area contributed by atoms with E-state index in [1.54, 1.807) is 4.90 Å². The van der Waals surface area contributed by atoms with Crippen LogP contribution in [0.3, 0.4) is 0 Å². The number of carbonyl (C=O) groups is 2. The van der Waals surface area contributed by atoms with Crippen molar-refractivity contribution >= 4 is 40.1 Å². The number of aliphatic imine (C=N–C) groups is 1. The van der Waals surface area contributed by atoms with Crippen molar-refractivity contribution in [3.8, 4) is 0 Å². The Kier molecular flexibility index (Phi) is 6.25. The van der Waals surface area contributed by atoms with E-state index in [9.17, 15) is 9.59 Å². The Morgan fingerprint density at radius 2 is 1.50 bits per heavy atom. The van der Waals surface area contributed by atoms with Gasteiger partial charge in [0, 0.05) is 13.0 Å². The Morgan fingerprint density at radius 3 is 2.17 bits per heavy atom. The number of hydrogen-bond donors (Lipinski definition) is 1. The van der Waals surface area contributed by atoms with E-state index in [0.717, 1.165) is 16.9 Å². The summed E-state index contributed by atoms with van der Waals surface area (Å²) in [6, 6.07) is 28.6. The molecule has 0 aromatic heterocycles. The zero-order valence-electron chi connectivity index (χ0n) is 16.3. The molecule has 1 heterocycles. The average molecular weight is 416 g/mol. The SMILES string of the molecule is O=C(CC1SC(=Nc2ccccc2)N(c2ccccc2)C1=O)NCc1ccccc1. The summed E-state index contributed by atoms with van der Waals surface area (Å²) in [5.74, 6) is -0.283. The van der Waals surface area contributed by atoms with Crippen LogP contribution in [0.15, 0.2) is 96.0 Å². The summed E-state index contributed by atoms with van der Waals surface area (Å²) >= 11 is 1.33. The Morgan fingerprint density at radius 1 is 0.900 bits per heavy atom. The molecule has 1 N–H and O–H groups in total. The number of nitrogens with zero attached hydrogens (tertiary/aromatic N) is 2. The molecule has 0 saturated carbocycles. The van der Waals surface area contributed by atoms with Gasteiger partial charge in [-0.2, -0.15) is 0 Å². The summed E-state index contributed by atoms with van der Waals surface area (Å²) in [5.41, 5.74) is 2.54. The van der Waals surface area contributed by atoms with Crippen LogP contribution in [0.1, 0.15) is 12.0 Å². The zero-order valence-corrected chi connectivity index (χ0v) is 17.1. The van der Waals surface area contributed by atoms with E-state index in [-0.39, 0.29) is 18.2 Å². The second kappa shape index (κ2) is 9.41. The second-order valence-corrected chi connectivity index (χ2v) is 7.98. The highest BCUT2D eigenvalue weighted by Gasteiger charge is 2.40. The maximum absolute atomic E-state index is 13.2. The van der Waals surface area contributed by atoms with Crippen molar-refractivity contribution in [2.75, 3.05) is 4.90 Å². The molecule has 5 nitrogen and oxygen atoms in total. The lowest BCUT2D eigenvalue weighted by Gasteiger charge is -2.16. The molecule has 1 fully saturated rings. The van der Waals surface area contributed by atoms with E-state index >= 15 is 0 Å². The van der Waals surface area contributed by atoms with Crippen LogP contribution in [0.2, 0.25) is 0 Å². The van der Waals surface area contributed by atoms with Crippen molar-refractivity contribution in [3.05, 3.63) is 96.6 Å². The standard InChI is InChI=1S/C24H21N3O2S/c28-22(25-17-18-10-4-1-5-11-18)16-21-23(29)27(20-14-8-3-9-15-20)24(30-21)26-19-12-6-2-7-13-19/h1-15,21H,16-17H2,(H,25,28). The number of thioether (sulfide) groups is 1. The van der Waals surface area contributed by atoms with Gasteiger partial charge in [0.2, 0.25) is 11.8 Å². The fourth-order valence-electron chi connectivity index (χ4n) is 3.14. The molecule has 6 heteroatoms. The van der Waals surface area contributed by atoms with Crippen LogP contribution in [-0.2, 0) is 16.1 Å². The number of para-hydroxylation sites is 2. The molecule has 2 amide bonds. The van der Waals surface area contributed by atoms with Crippen LogP contribution >= 0.6 is 11.8 Å². The molecule has 1 atom stereocenters. The lowest BCUT2D eigenvalue weighted by atomic mass is 10.2. The Labute approximate surface area is 179 Å². The summed E-state index contributed by atoms with van der Waals surface area (Å²) in [7, 11) is 0. The molecular formula is C24H21N3O2S. The molecule has 0 radical (unpaired) electrons. The van der Waals surface area contributed by atoms with Gasteiger partial charge in [0.25, 0.3) is 0 Å². The van der Waals surface area contributed by atoms with E-state index in [1.165, 1.54) is 11.8 Å². The predicted octanol–water partition coefficient (Wildman–Crippen LogP) is 4.53. The zero-order chi connectivity index (χ0) is 20.8. The minimum atomic E-state index is -0.511. The highest BCUT2D eigenvalue weighted by atomic mass is 32.2. The van der Waals surface area contributed by atoms with Crippen LogP contribution in [0, 0.1) is 0 Å². The van der Waals surface area contributed by atoms with E-state index in [0.29, 0.717) is 11.7 Å². The van der Waals surface area contributed by atoms with Crippen LogP contribution in [0.5, 0.6) is 0 Å². The normalized spacial score (nSPS) is 17.3. The Bertz CT molecular complexity index is 1040. The molecular weight excluding hydrogens is 394 g/mol. The smallest absolute Gasteiger partial charge is 0.247 e. The Hall–Kier alpha value is -3.38. The molecule has 1 aliphatic rings. The van der Waals surface area contributed by atoms with Crippen molar-refractivity contribution in [3.63, 3.8) is 0 Å². The third-order valence-corrected chi connectivity index (χ3v) is 5.77. The van der Waals surface area contributed by atoms with E-state index in [2.05, 4.69) is 10.3 Å². The highest BCUT2D eigenvalue weighted by molar-refractivity contribution is 8.16. The average Bonchev–Trinajstić information content (AvgIpc) is 3.08. The molecule has 0 spiro atoms. The minimum Gasteiger partial charge on any atom is -0.352 e. The molecule has 3 aromatic rings. The first-order chi connectivity index (χ1) is 14.7. The number of amidine groups is 1. The van der Waals surface area contributed by atoms with Gasteiger partial charge in [-0.25, -0.2) is 4.99 Å². The molecule has 150 valence electrons. The van der Waals surface area contributed by atoms with Crippen molar-refractivity contribution in [2.24, 2.45) is 4.99 Å². The lowest BCUT2D eigenvalue weighted by Crippen LogP contribution is -2.34. The summed E-state index contributed by atoms with van der Waals surface area (Å²) in [6.45, 7) is 0.443. The van der Waals surface area contributed by atoms with Gasteiger partial charge in [-0.05, 0) is 29.8 Å². The fraction of sp³-hybridized carbons (Fsp3) is 0.125. The van der Waals surface area contributed by atoms with E-state index in [1.807, 2.05) is 91.0 Å². The van der Waals surface area contributed by atoms with Crippen molar-refractivity contribution in [1.29, 1.82) is 0 Å². The third-order valence-electron chi connectivity index (χ3n) is 4.63. The van der Waals surface area contributed by atoms with Crippen LogP contribution < -0.4 is 10.2 Å². The van der Waals surface area contributed by atoms with E-state index < -0.39 is 5.25 Å². The molecule has 30 heavy (non-hydrogen) atoms.